The Morgan fingerprint density at radius 1 is 1.45 bits per heavy atom. The Morgan fingerprint density at radius 3 is 2.95 bits per heavy atom. The van der Waals surface area contributed by atoms with E-state index < -0.39 is 0 Å². The van der Waals surface area contributed by atoms with Gasteiger partial charge in [-0.05, 0) is 22.0 Å². The second kappa shape index (κ2) is 5.81. The van der Waals surface area contributed by atoms with Gasteiger partial charge in [-0.2, -0.15) is 11.8 Å². The first-order valence-electron chi connectivity index (χ1n) is 6.43. The van der Waals surface area contributed by atoms with Gasteiger partial charge in [-0.1, -0.05) is 0 Å². The van der Waals surface area contributed by atoms with Gasteiger partial charge < -0.3 is 15.4 Å². The molecule has 2 N–H and O–H groups in total. The fourth-order valence-electron chi connectivity index (χ4n) is 2.33. The van der Waals surface area contributed by atoms with E-state index in [1.54, 1.807) is 6.07 Å². The smallest absolute Gasteiger partial charge is 0.192 e. The maximum atomic E-state index is 13.5. The number of nitrogens with zero attached hydrogens (tertiary/aromatic N) is 2. The number of aliphatic imine (C=N–C) groups is 1. The molecule has 0 saturated carbocycles. The third kappa shape index (κ3) is 2.74. The summed E-state index contributed by atoms with van der Waals surface area (Å²) in [5, 5.41) is 0. The summed E-state index contributed by atoms with van der Waals surface area (Å²) in [6.45, 7) is 2.26. The number of nitrogens with two attached hydrogens (primary N) is 1. The highest BCUT2D eigenvalue weighted by Gasteiger charge is 2.26. The quantitative estimate of drug-likeness (QED) is 0.617. The predicted molar refractivity (Wildman–Crippen MR) is 82.9 cm³/mol. The lowest BCUT2D eigenvalue weighted by molar-refractivity contribution is 0.330. The van der Waals surface area contributed by atoms with E-state index in [4.69, 9.17) is 10.5 Å². The zero-order chi connectivity index (χ0) is 14.1. The minimum absolute atomic E-state index is 0.156. The van der Waals surface area contributed by atoms with Gasteiger partial charge in [0.05, 0.1) is 4.47 Å². The normalized spacial score (nSPS) is 22.6. The van der Waals surface area contributed by atoms with E-state index >= 15 is 0 Å². The largest absolute Gasteiger partial charge is 0.491 e. The summed E-state index contributed by atoms with van der Waals surface area (Å²) in [6.07, 6.45) is 0. The Bertz CT molecular complexity index is 549. The Kier molecular flexibility index (Phi) is 4.07. The molecule has 108 valence electrons. The Morgan fingerprint density at radius 2 is 2.20 bits per heavy atom. The van der Waals surface area contributed by atoms with Crippen molar-refractivity contribution in [3.63, 3.8) is 0 Å². The van der Waals surface area contributed by atoms with Crippen molar-refractivity contribution in [2.75, 3.05) is 31.2 Å². The number of rotatable bonds is 1. The first-order valence-corrected chi connectivity index (χ1v) is 8.37. The van der Waals surface area contributed by atoms with Crippen molar-refractivity contribution in [1.29, 1.82) is 0 Å². The lowest BCUT2D eigenvalue weighted by atomic mass is 10.1. The monoisotopic (exact) mass is 359 g/mol. The highest BCUT2D eigenvalue weighted by Crippen LogP contribution is 2.38. The molecule has 2 aliphatic heterocycles. The summed E-state index contributed by atoms with van der Waals surface area (Å²) >= 11 is 5.12. The third-order valence-corrected chi connectivity index (χ3v) is 4.98. The molecule has 0 bridgehead atoms. The fourth-order valence-corrected chi connectivity index (χ4v) is 3.59. The lowest BCUT2D eigenvalue weighted by Crippen LogP contribution is -2.42. The molecular formula is C13H15BrFN3OS. The number of hydrogen-bond donors (Lipinski definition) is 1. The number of halogens is 2. The van der Waals surface area contributed by atoms with E-state index in [9.17, 15) is 4.39 Å². The third-order valence-electron chi connectivity index (χ3n) is 3.43. The first-order chi connectivity index (χ1) is 9.65. The van der Waals surface area contributed by atoms with Crippen LogP contribution >= 0.6 is 27.7 Å². The van der Waals surface area contributed by atoms with E-state index in [1.165, 1.54) is 6.07 Å². The van der Waals surface area contributed by atoms with Crippen molar-refractivity contribution in [3.05, 3.63) is 28.0 Å². The summed E-state index contributed by atoms with van der Waals surface area (Å²) in [5.41, 5.74) is 6.96. The molecule has 1 aromatic rings. The van der Waals surface area contributed by atoms with Crippen LogP contribution in [0.1, 0.15) is 11.6 Å². The molecule has 4 nitrogen and oxygen atoms in total. The maximum absolute atomic E-state index is 13.5. The maximum Gasteiger partial charge on any atom is 0.192 e. The zero-order valence-corrected chi connectivity index (χ0v) is 13.2. The Hall–Kier alpha value is -0.950. The molecule has 3 rings (SSSR count). The topological polar surface area (TPSA) is 50.9 Å². The molecular weight excluding hydrogens is 345 g/mol. The van der Waals surface area contributed by atoms with Crippen LogP contribution in [0.2, 0.25) is 0 Å². The van der Waals surface area contributed by atoms with Crippen LogP contribution in [0.25, 0.3) is 0 Å². The molecule has 0 spiro atoms. The molecule has 0 amide bonds. The van der Waals surface area contributed by atoms with Gasteiger partial charge >= 0.3 is 0 Å². The van der Waals surface area contributed by atoms with Gasteiger partial charge in [0.1, 0.15) is 24.2 Å². The molecule has 7 heteroatoms. The molecule has 0 aliphatic carbocycles. The lowest BCUT2D eigenvalue weighted by Gasteiger charge is -2.27. The zero-order valence-electron chi connectivity index (χ0n) is 10.8. The van der Waals surface area contributed by atoms with Gasteiger partial charge in [0.2, 0.25) is 0 Å². The Labute approximate surface area is 129 Å². The minimum atomic E-state index is -0.325. The molecule has 1 atom stereocenters. The second-order valence-electron chi connectivity index (χ2n) is 4.72. The van der Waals surface area contributed by atoms with Crippen molar-refractivity contribution in [3.8, 4) is 5.75 Å². The number of ether oxygens (including phenoxy) is 1. The number of benzene rings is 1. The summed E-state index contributed by atoms with van der Waals surface area (Å²) < 4.78 is 19.4. The van der Waals surface area contributed by atoms with E-state index in [1.807, 2.05) is 11.8 Å². The van der Waals surface area contributed by atoms with Crippen LogP contribution in [0, 0.1) is 5.82 Å². The molecule has 1 unspecified atom stereocenters. The molecule has 1 saturated heterocycles. The van der Waals surface area contributed by atoms with Crippen molar-refractivity contribution in [2.24, 2.45) is 10.7 Å². The van der Waals surface area contributed by atoms with Crippen LogP contribution in [-0.2, 0) is 0 Å². The average Bonchev–Trinajstić information content (AvgIpc) is 2.83. The van der Waals surface area contributed by atoms with Gasteiger partial charge in [0.25, 0.3) is 0 Å². The minimum Gasteiger partial charge on any atom is -0.491 e. The molecule has 20 heavy (non-hydrogen) atoms. The van der Waals surface area contributed by atoms with Crippen molar-refractivity contribution < 1.29 is 9.13 Å². The summed E-state index contributed by atoms with van der Waals surface area (Å²) in [5.74, 6) is 2.93. The van der Waals surface area contributed by atoms with E-state index in [2.05, 4.69) is 25.8 Å². The molecule has 0 aromatic heterocycles. The molecule has 2 aliphatic rings. The average molecular weight is 360 g/mol. The van der Waals surface area contributed by atoms with Gasteiger partial charge in [-0.3, -0.25) is 0 Å². The Balaban J connectivity index is 1.82. The molecule has 1 aromatic carbocycles. The van der Waals surface area contributed by atoms with Crippen molar-refractivity contribution in [2.45, 2.75) is 6.04 Å². The van der Waals surface area contributed by atoms with Crippen LogP contribution in [-0.4, -0.2) is 42.1 Å². The standard InChI is InChI=1S/C13H15BrFN3OS/c14-9-5-8-11(7-19-12(8)6-10(9)15)17-13(16)18-1-3-20-4-2-18/h5-6,11H,1-4,7H2,(H2,16,17). The van der Waals surface area contributed by atoms with Crippen LogP contribution in [0.3, 0.4) is 0 Å². The van der Waals surface area contributed by atoms with Gasteiger partial charge in [-0.25, -0.2) is 9.38 Å². The first kappa shape index (κ1) is 14.0. The van der Waals surface area contributed by atoms with E-state index in [0.717, 1.165) is 30.2 Å². The highest BCUT2D eigenvalue weighted by molar-refractivity contribution is 9.10. The van der Waals surface area contributed by atoms with Crippen LogP contribution in [0.15, 0.2) is 21.6 Å². The molecule has 2 heterocycles. The van der Waals surface area contributed by atoms with Gasteiger partial charge in [0, 0.05) is 36.2 Å². The summed E-state index contributed by atoms with van der Waals surface area (Å²) in [6, 6.07) is 2.96. The summed E-state index contributed by atoms with van der Waals surface area (Å²) in [7, 11) is 0. The number of thioether (sulfide) groups is 1. The number of fused-ring (bicyclic) bond motifs is 1. The van der Waals surface area contributed by atoms with E-state index in [-0.39, 0.29) is 11.9 Å². The van der Waals surface area contributed by atoms with Gasteiger partial charge in [-0.15, -0.1) is 0 Å². The van der Waals surface area contributed by atoms with Crippen LogP contribution < -0.4 is 10.5 Å². The number of guanidine groups is 1. The molecule has 0 radical (unpaired) electrons. The SMILES string of the molecule is NC(=NC1COc2cc(F)c(Br)cc21)N1CCSCC1. The number of hydrogen-bond acceptors (Lipinski definition) is 3. The van der Waals surface area contributed by atoms with Gasteiger partial charge in [0.15, 0.2) is 5.96 Å². The highest BCUT2D eigenvalue weighted by atomic mass is 79.9. The fraction of sp³-hybridized carbons (Fsp3) is 0.462. The van der Waals surface area contributed by atoms with Crippen LogP contribution in [0.4, 0.5) is 4.39 Å². The second-order valence-corrected chi connectivity index (χ2v) is 6.80. The molecule has 1 fully saturated rings. The van der Waals surface area contributed by atoms with Crippen molar-refractivity contribution in [1.82, 2.24) is 4.90 Å². The van der Waals surface area contributed by atoms with Crippen molar-refractivity contribution >= 4 is 33.7 Å². The predicted octanol–water partition coefficient (Wildman–Crippen LogP) is 2.39. The van der Waals surface area contributed by atoms with E-state index in [0.29, 0.717) is 22.8 Å². The summed E-state index contributed by atoms with van der Waals surface area (Å²) in [4.78, 5) is 6.64. The van der Waals surface area contributed by atoms with Crippen LogP contribution in [0.5, 0.6) is 5.75 Å².